The van der Waals surface area contributed by atoms with Crippen LogP contribution in [0.1, 0.15) is 25.5 Å². The van der Waals surface area contributed by atoms with Gasteiger partial charge in [-0.3, -0.25) is 4.79 Å². The Hall–Kier alpha value is -2.14. The zero-order valence-corrected chi connectivity index (χ0v) is 10.9. The third-order valence-electron chi connectivity index (χ3n) is 2.91. The Labute approximate surface area is 111 Å². The summed E-state index contributed by atoms with van der Waals surface area (Å²) in [5.74, 6) is -1.63. The van der Waals surface area contributed by atoms with Crippen molar-refractivity contribution in [1.29, 1.82) is 0 Å². The number of carboxylic acids is 1. The monoisotopic (exact) mass is 263 g/mol. The molecular weight excluding hydrogens is 246 g/mol. The first kappa shape index (κ1) is 14.9. The minimum Gasteiger partial charge on any atom is -0.478 e. The number of rotatable bonds is 5. The van der Waals surface area contributed by atoms with Crippen LogP contribution in [0.25, 0.3) is 0 Å². The molecule has 0 aliphatic heterocycles. The van der Waals surface area contributed by atoms with E-state index < -0.39 is 17.9 Å². The van der Waals surface area contributed by atoms with Crippen LogP contribution in [-0.2, 0) is 9.59 Å². The van der Waals surface area contributed by atoms with Gasteiger partial charge in [0, 0.05) is 11.1 Å². The fourth-order valence-electron chi connectivity index (χ4n) is 1.52. The van der Waals surface area contributed by atoms with E-state index in [1.54, 1.807) is 24.3 Å². The summed E-state index contributed by atoms with van der Waals surface area (Å²) in [6, 6.07) is 8.45. The van der Waals surface area contributed by atoms with Crippen LogP contribution in [0.3, 0.4) is 0 Å². The van der Waals surface area contributed by atoms with Gasteiger partial charge in [-0.25, -0.2) is 4.79 Å². The molecule has 3 N–H and O–H groups in total. The van der Waals surface area contributed by atoms with Gasteiger partial charge in [0.1, 0.15) is 0 Å². The zero-order chi connectivity index (χ0) is 14.4. The lowest BCUT2D eigenvalue weighted by atomic mass is 10.1. The molecule has 0 fully saturated rings. The molecule has 1 atom stereocenters. The molecule has 0 heterocycles. The second-order valence-corrected chi connectivity index (χ2v) is 4.17. The van der Waals surface area contributed by atoms with Crippen molar-refractivity contribution >= 4 is 11.9 Å². The number of carboxylic acid groups (broad SMARTS) is 1. The smallest absolute Gasteiger partial charge is 0.331 e. The van der Waals surface area contributed by atoms with Gasteiger partial charge in [0.2, 0.25) is 5.91 Å². The average molecular weight is 263 g/mol. The van der Waals surface area contributed by atoms with E-state index in [-0.39, 0.29) is 17.8 Å². The van der Waals surface area contributed by atoms with Crippen LogP contribution in [0.4, 0.5) is 0 Å². The average Bonchev–Trinajstić information content (AvgIpc) is 2.43. The Bertz CT molecular complexity index is 493. The highest BCUT2D eigenvalue weighted by Gasteiger charge is 2.17. The first-order chi connectivity index (χ1) is 8.97. The van der Waals surface area contributed by atoms with Crippen molar-refractivity contribution in [2.45, 2.75) is 19.9 Å². The molecule has 19 heavy (non-hydrogen) atoms. The standard InChI is InChI=1S/C14H17NO4/c1-9(10(2)14(18)19)13(17)15-12(8-16)11-6-4-3-5-7-11/h3-7,12,16H,8H2,1-2H3,(H,15,17)(H,18,19). The normalized spacial score (nSPS) is 13.4. The van der Waals surface area contributed by atoms with Crippen LogP contribution in [0.15, 0.2) is 41.5 Å². The number of aliphatic hydroxyl groups excluding tert-OH is 1. The van der Waals surface area contributed by atoms with Crippen molar-refractivity contribution in [3.63, 3.8) is 0 Å². The van der Waals surface area contributed by atoms with Crippen LogP contribution >= 0.6 is 0 Å². The maximum absolute atomic E-state index is 11.9. The maximum atomic E-state index is 11.9. The number of aliphatic carboxylic acids is 1. The van der Waals surface area contributed by atoms with Crippen molar-refractivity contribution in [3.8, 4) is 0 Å². The molecule has 0 aromatic heterocycles. The third-order valence-corrected chi connectivity index (χ3v) is 2.91. The zero-order valence-electron chi connectivity index (χ0n) is 10.9. The highest BCUT2D eigenvalue weighted by molar-refractivity contribution is 6.01. The largest absolute Gasteiger partial charge is 0.478 e. The van der Waals surface area contributed by atoms with Crippen LogP contribution < -0.4 is 5.32 Å². The molecule has 1 unspecified atom stereocenters. The van der Waals surface area contributed by atoms with E-state index in [4.69, 9.17) is 5.11 Å². The summed E-state index contributed by atoms with van der Waals surface area (Å²) in [6.07, 6.45) is 0. The second-order valence-electron chi connectivity index (χ2n) is 4.17. The molecule has 0 aliphatic rings. The van der Waals surface area contributed by atoms with Crippen molar-refractivity contribution < 1.29 is 19.8 Å². The van der Waals surface area contributed by atoms with E-state index in [2.05, 4.69) is 5.32 Å². The highest BCUT2D eigenvalue weighted by Crippen LogP contribution is 2.13. The molecule has 5 nitrogen and oxygen atoms in total. The van der Waals surface area contributed by atoms with Crippen LogP contribution in [-0.4, -0.2) is 28.7 Å². The molecule has 1 aromatic carbocycles. The number of aliphatic hydroxyl groups is 1. The van der Waals surface area contributed by atoms with E-state index in [1.165, 1.54) is 13.8 Å². The number of hydrogen-bond donors (Lipinski definition) is 3. The van der Waals surface area contributed by atoms with Gasteiger partial charge in [-0.2, -0.15) is 0 Å². The Morgan fingerprint density at radius 2 is 1.74 bits per heavy atom. The fraction of sp³-hybridized carbons (Fsp3) is 0.286. The predicted octanol–water partition coefficient (Wildman–Crippen LogP) is 1.26. The van der Waals surface area contributed by atoms with E-state index in [1.807, 2.05) is 6.07 Å². The SMILES string of the molecule is CC(C(=O)O)=C(C)C(=O)NC(CO)c1ccccc1. The first-order valence-electron chi connectivity index (χ1n) is 5.84. The summed E-state index contributed by atoms with van der Waals surface area (Å²) < 4.78 is 0. The minimum absolute atomic E-state index is 0.0118. The Morgan fingerprint density at radius 1 is 1.16 bits per heavy atom. The number of benzene rings is 1. The quantitative estimate of drug-likeness (QED) is 0.698. The first-order valence-corrected chi connectivity index (χ1v) is 5.84. The third kappa shape index (κ3) is 3.93. The molecule has 1 amide bonds. The van der Waals surface area contributed by atoms with Gasteiger partial charge >= 0.3 is 5.97 Å². The van der Waals surface area contributed by atoms with Gasteiger partial charge < -0.3 is 15.5 Å². The van der Waals surface area contributed by atoms with Crippen LogP contribution in [0, 0.1) is 0 Å². The summed E-state index contributed by atoms with van der Waals surface area (Å²) >= 11 is 0. The molecule has 1 rings (SSSR count). The summed E-state index contributed by atoms with van der Waals surface area (Å²) in [5.41, 5.74) is 0.878. The Balaban J connectivity index is 2.86. The van der Waals surface area contributed by atoms with Gasteiger partial charge in [0.05, 0.1) is 12.6 Å². The summed E-state index contributed by atoms with van der Waals surface area (Å²) in [4.78, 5) is 22.7. The van der Waals surface area contributed by atoms with Crippen molar-refractivity contribution in [3.05, 3.63) is 47.0 Å². The van der Waals surface area contributed by atoms with Crippen molar-refractivity contribution in [1.82, 2.24) is 5.32 Å². The molecule has 0 spiro atoms. The van der Waals surface area contributed by atoms with Crippen molar-refractivity contribution in [2.24, 2.45) is 0 Å². The molecule has 0 aliphatic carbocycles. The van der Waals surface area contributed by atoms with E-state index in [0.717, 1.165) is 5.56 Å². The number of amides is 1. The van der Waals surface area contributed by atoms with Crippen LogP contribution in [0.2, 0.25) is 0 Å². The van der Waals surface area contributed by atoms with E-state index >= 15 is 0 Å². The molecule has 0 saturated heterocycles. The second kappa shape index (κ2) is 6.70. The molecule has 0 bridgehead atoms. The minimum atomic E-state index is -1.13. The predicted molar refractivity (Wildman–Crippen MR) is 70.4 cm³/mol. The van der Waals surface area contributed by atoms with Gasteiger partial charge in [0.15, 0.2) is 0 Å². The molecule has 5 heteroatoms. The summed E-state index contributed by atoms with van der Waals surface area (Å²) in [7, 11) is 0. The highest BCUT2D eigenvalue weighted by atomic mass is 16.4. The lowest BCUT2D eigenvalue weighted by Gasteiger charge is -2.17. The lowest BCUT2D eigenvalue weighted by Crippen LogP contribution is -2.32. The van der Waals surface area contributed by atoms with Gasteiger partial charge in [-0.1, -0.05) is 30.3 Å². The van der Waals surface area contributed by atoms with E-state index in [0.29, 0.717) is 0 Å². The molecule has 0 saturated carbocycles. The van der Waals surface area contributed by atoms with Crippen LogP contribution in [0.5, 0.6) is 0 Å². The summed E-state index contributed by atoms with van der Waals surface area (Å²) in [5, 5.41) is 20.7. The molecule has 102 valence electrons. The van der Waals surface area contributed by atoms with Crippen molar-refractivity contribution in [2.75, 3.05) is 6.61 Å². The number of nitrogens with one attached hydrogen (secondary N) is 1. The molecule has 1 aromatic rings. The number of carbonyl (C=O) groups excluding carboxylic acids is 1. The number of hydrogen-bond acceptors (Lipinski definition) is 3. The topological polar surface area (TPSA) is 86.6 Å². The Kier molecular flexibility index (Phi) is 5.26. The van der Waals surface area contributed by atoms with Gasteiger partial charge in [-0.15, -0.1) is 0 Å². The Morgan fingerprint density at radius 3 is 2.21 bits per heavy atom. The maximum Gasteiger partial charge on any atom is 0.331 e. The van der Waals surface area contributed by atoms with Gasteiger partial charge in [-0.05, 0) is 19.4 Å². The fourth-order valence-corrected chi connectivity index (χ4v) is 1.52. The molecular formula is C14H17NO4. The van der Waals surface area contributed by atoms with E-state index in [9.17, 15) is 14.7 Å². The van der Waals surface area contributed by atoms with Gasteiger partial charge in [0.25, 0.3) is 0 Å². The summed E-state index contributed by atoms with van der Waals surface area (Å²) in [6.45, 7) is 2.56. The lowest BCUT2D eigenvalue weighted by molar-refractivity contribution is -0.133. The molecule has 0 radical (unpaired) electrons. The number of carbonyl (C=O) groups is 2.